The van der Waals surface area contributed by atoms with Crippen LogP contribution in [-0.4, -0.2) is 0 Å². The molecule has 2 N–H and O–H groups in total. The number of rotatable bonds is 13. The summed E-state index contributed by atoms with van der Waals surface area (Å²) in [4.78, 5) is 0. The first-order valence-corrected chi connectivity index (χ1v) is 21.8. The molecule has 0 bridgehead atoms. The van der Waals surface area contributed by atoms with Crippen LogP contribution < -0.4 is 15.2 Å². The maximum absolute atomic E-state index is 4.30. The molecule has 3 nitrogen and oxygen atoms in total. The quantitative estimate of drug-likeness (QED) is 0.0902. The van der Waals surface area contributed by atoms with Crippen molar-refractivity contribution in [3.8, 4) is 0 Å². The minimum absolute atomic E-state index is 0.0128. The lowest BCUT2D eigenvalue weighted by Gasteiger charge is -2.33. The Bertz CT molecular complexity index is 2330. The molecule has 7 aromatic rings. The van der Waals surface area contributed by atoms with Crippen LogP contribution in [0.25, 0.3) is 0 Å². The van der Waals surface area contributed by atoms with Crippen molar-refractivity contribution in [3.05, 3.63) is 231 Å². The Morgan fingerprint density at radius 1 is 0.492 bits per heavy atom. The SMILES string of the molecule is Cc1cc(C)c(NC(C)[n+]2ccccc2C(C)Nc2c(C3CCCCC3)cc(C(c3ccccc3)c3ccccc3)cc2C(c2ccccc2)c2ccccc2)c(C)c1. The summed E-state index contributed by atoms with van der Waals surface area (Å²) in [5.41, 5.74) is 17.0. The molecule has 1 aliphatic rings. The Kier molecular flexibility index (Phi) is 12.4. The first kappa shape index (κ1) is 39.9. The van der Waals surface area contributed by atoms with Gasteiger partial charge in [-0.15, -0.1) is 0 Å². The average Bonchev–Trinajstić information content (AvgIpc) is 3.27. The zero-order valence-electron chi connectivity index (χ0n) is 35.5. The second-order valence-corrected chi connectivity index (χ2v) is 16.9. The summed E-state index contributed by atoms with van der Waals surface area (Å²) in [6.07, 6.45) is 8.52. The average molecular weight is 775 g/mol. The van der Waals surface area contributed by atoms with Crippen LogP contribution in [0.4, 0.5) is 11.4 Å². The first-order chi connectivity index (χ1) is 28.9. The van der Waals surface area contributed by atoms with Crippen LogP contribution in [0, 0.1) is 20.8 Å². The van der Waals surface area contributed by atoms with Crippen LogP contribution in [-0.2, 0) is 0 Å². The number of nitrogens with zero attached hydrogens (tertiary/aromatic N) is 1. The van der Waals surface area contributed by atoms with Gasteiger partial charge in [0.2, 0.25) is 11.9 Å². The smallest absolute Gasteiger partial charge is 0.228 e. The lowest BCUT2D eigenvalue weighted by molar-refractivity contribution is -0.721. The van der Waals surface area contributed by atoms with Gasteiger partial charge >= 0.3 is 0 Å². The Morgan fingerprint density at radius 3 is 1.51 bits per heavy atom. The summed E-state index contributed by atoms with van der Waals surface area (Å²) in [7, 11) is 0. The monoisotopic (exact) mass is 774 g/mol. The van der Waals surface area contributed by atoms with E-state index in [0.717, 1.165) is 0 Å². The van der Waals surface area contributed by atoms with E-state index in [2.05, 4.69) is 220 Å². The molecular formula is C56H60N3+. The minimum Gasteiger partial charge on any atom is -0.373 e. The van der Waals surface area contributed by atoms with Crippen molar-refractivity contribution in [3.63, 3.8) is 0 Å². The number of hydrogen-bond acceptors (Lipinski definition) is 2. The van der Waals surface area contributed by atoms with Gasteiger partial charge in [0.05, 0.1) is 0 Å². The van der Waals surface area contributed by atoms with Crippen LogP contribution in [0.15, 0.2) is 170 Å². The van der Waals surface area contributed by atoms with Crippen LogP contribution in [0.1, 0.15) is 137 Å². The molecule has 0 aliphatic heterocycles. The van der Waals surface area contributed by atoms with Crippen LogP contribution in [0.5, 0.6) is 0 Å². The number of pyridine rings is 1. The second kappa shape index (κ2) is 18.3. The van der Waals surface area contributed by atoms with E-state index < -0.39 is 0 Å². The predicted octanol–water partition coefficient (Wildman–Crippen LogP) is 14.1. The predicted molar refractivity (Wildman–Crippen MR) is 248 cm³/mol. The molecule has 298 valence electrons. The van der Waals surface area contributed by atoms with Crippen molar-refractivity contribution < 1.29 is 4.57 Å². The molecule has 1 saturated carbocycles. The molecule has 2 unspecified atom stereocenters. The first-order valence-electron chi connectivity index (χ1n) is 21.8. The summed E-state index contributed by atoms with van der Waals surface area (Å²) in [6, 6.07) is 60.9. The molecule has 1 aromatic heterocycles. The summed E-state index contributed by atoms with van der Waals surface area (Å²) < 4.78 is 2.41. The van der Waals surface area contributed by atoms with Crippen molar-refractivity contribution in [1.82, 2.24) is 0 Å². The number of aromatic nitrogens is 1. The Morgan fingerprint density at radius 2 is 0.983 bits per heavy atom. The van der Waals surface area contributed by atoms with Crippen LogP contribution in [0.2, 0.25) is 0 Å². The van der Waals surface area contributed by atoms with Crippen LogP contribution in [0.3, 0.4) is 0 Å². The lowest BCUT2D eigenvalue weighted by Crippen LogP contribution is -2.47. The molecule has 1 aliphatic carbocycles. The third kappa shape index (κ3) is 8.91. The molecule has 8 rings (SSSR count). The van der Waals surface area contributed by atoms with E-state index in [-0.39, 0.29) is 24.0 Å². The topological polar surface area (TPSA) is 27.9 Å². The molecule has 1 fully saturated rings. The van der Waals surface area contributed by atoms with E-state index in [1.54, 1.807) is 0 Å². The molecule has 3 heteroatoms. The zero-order valence-corrected chi connectivity index (χ0v) is 35.5. The molecule has 0 radical (unpaired) electrons. The molecule has 2 atom stereocenters. The van der Waals surface area contributed by atoms with Crippen molar-refractivity contribution in [2.24, 2.45) is 0 Å². The van der Waals surface area contributed by atoms with E-state index in [4.69, 9.17) is 0 Å². The van der Waals surface area contributed by atoms with Gasteiger partial charge in [-0.1, -0.05) is 176 Å². The molecule has 6 aromatic carbocycles. The van der Waals surface area contributed by atoms with Crippen molar-refractivity contribution >= 4 is 11.4 Å². The molecule has 0 amide bonds. The normalized spacial score (nSPS) is 14.3. The Hall–Kier alpha value is -5.93. The summed E-state index contributed by atoms with van der Waals surface area (Å²) in [5.74, 6) is 0.583. The van der Waals surface area contributed by atoms with Crippen molar-refractivity contribution in [2.45, 2.75) is 96.7 Å². The second-order valence-electron chi connectivity index (χ2n) is 16.9. The number of aryl methyl sites for hydroxylation is 3. The van der Waals surface area contributed by atoms with Gasteiger partial charge < -0.3 is 10.6 Å². The summed E-state index contributed by atoms with van der Waals surface area (Å²) in [6.45, 7) is 11.2. The highest BCUT2D eigenvalue weighted by Crippen LogP contribution is 2.47. The summed E-state index contributed by atoms with van der Waals surface area (Å²) >= 11 is 0. The fraction of sp³-hybridized carbons (Fsp3) is 0.268. The fourth-order valence-corrected chi connectivity index (χ4v) is 9.89. The van der Waals surface area contributed by atoms with Gasteiger partial charge in [0.15, 0.2) is 6.20 Å². The van der Waals surface area contributed by atoms with Gasteiger partial charge in [-0.3, -0.25) is 0 Å². The van der Waals surface area contributed by atoms with Gasteiger partial charge in [0.1, 0.15) is 6.04 Å². The molecule has 0 spiro atoms. The fourth-order valence-electron chi connectivity index (χ4n) is 9.89. The maximum Gasteiger partial charge on any atom is 0.228 e. The number of anilines is 2. The van der Waals surface area contributed by atoms with Crippen molar-refractivity contribution in [2.75, 3.05) is 10.6 Å². The molecular weight excluding hydrogens is 715 g/mol. The van der Waals surface area contributed by atoms with E-state index in [9.17, 15) is 0 Å². The van der Waals surface area contributed by atoms with Gasteiger partial charge in [0, 0.05) is 42.3 Å². The number of nitrogens with one attached hydrogen (secondary N) is 2. The van der Waals surface area contributed by atoms with E-state index in [1.807, 2.05) is 0 Å². The highest BCUT2D eigenvalue weighted by Gasteiger charge is 2.31. The Labute approximate surface area is 353 Å². The standard InChI is InChI=1S/C56H60N3/c1-39-35-40(2)55(41(3)36-39)58-43(5)59-34-22-21-33-52(59)42(4)57-56-50(44-23-11-6-12-24-44)37-49(53(45-25-13-7-14-26-45)46-27-15-8-16-28-46)38-51(56)54(47-29-17-9-18-30-47)48-31-19-10-20-32-48/h7-10,13-22,25-38,42-44,53-54,57-58H,6,11-12,23-24H2,1-5H3/q+1. The third-order valence-electron chi connectivity index (χ3n) is 12.6. The van der Waals surface area contributed by atoms with Gasteiger partial charge in [-0.2, -0.15) is 4.57 Å². The minimum atomic E-state index is 0.0128. The van der Waals surface area contributed by atoms with Gasteiger partial charge in [-0.05, 0) is 96.5 Å². The molecule has 1 heterocycles. The lowest BCUT2D eigenvalue weighted by atomic mass is 9.75. The van der Waals surface area contributed by atoms with Gasteiger partial charge in [-0.25, -0.2) is 0 Å². The van der Waals surface area contributed by atoms with Crippen molar-refractivity contribution in [1.29, 1.82) is 0 Å². The number of hydrogen-bond donors (Lipinski definition) is 2. The highest BCUT2D eigenvalue weighted by atomic mass is 15.2. The van der Waals surface area contributed by atoms with Crippen LogP contribution >= 0.6 is 0 Å². The summed E-state index contributed by atoms with van der Waals surface area (Å²) in [5, 5.41) is 8.20. The largest absolute Gasteiger partial charge is 0.373 e. The van der Waals surface area contributed by atoms with Gasteiger partial charge in [0.25, 0.3) is 0 Å². The Balaban J connectivity index is 1.33. The van der Waals surface area contributed by atoms with E-state index in [0.29, 0.717) is 5.92 Å². The van der Waals surface area contributed by atoms with E-state index in [1.165, 1.54) is 105 Å². The third-order valence-corrected chi connectivity index (χ3v) is 12.6. The van der Waals surface area contributed by atoms with E-state index >= 15 is 0 Å². The zero-order chi connectivity index (χ0) is 40.7. The molecule has 0 saturated heterocycles. The maximum atomic E-state index is 4.30. The number of benzene rings is 6. The molecule has 59 heavy (non-hydrogen) atoms. The highest BCUT2D eigenvalue weighted by molar-refractivity contribution is 5.68.